The first-order valence-electron chi connectivity index (χ1n) is 7.34. The van der Waals surface area contributed by atoms with Crippen LogP contribution in [0.4, 0.5) is 23.2 Å². The topological polar surface area (TPSA) is 67.4 Å². The second-order valence-electron chi connectivity index (χ2n) is 5.19. The van der Waals surface area contributed by atoms with E-state index in [0.717, 1.165) is 12.1 Å². The van der Waals surface area contributed by atoms with Gasteiger partial charge in [0.15, 0.2) is 29.0 Å². The quantitative estimate of drug-likeness (QED) is 0.607. The Morgan fingerprint density at radius 1 is 0.962 bits per heavy atom. The third-order valence-electron chi connectivity index (χ3n) is 3.34. The summed E-state index contributed by atoms with van der Waals surface area (Å²) in [5, 5.41) is 4.26. The number of amides is 2. The van der Waals surface area contributed by atoms with Crippen LogP contribution >= 0.6 is 0 Å². The molecule has 0 unspecified atom stereocenters. The van der Waals surface area contributed by atoms with Gasteiger partial charge in [0.05, 0.1) is 25.8 Å². The lowest BCUT2D eigenvalue weighted by molar-refractivity contribution is -0.123. The summed E-state index contributed by atoms with van der Waals surface area (Å²) in [7, 11) is 1.30. The first kappa shape index (κ1) is 19.2. The van der Waals surface area contributed by atoms with Gasteiger partial charge in [-0.05, 0) is 29.8 Å². The molecule has 2 N–H and O–H groups in total. The maximum Gasteiger partial charge on any atom is 0.243 e. The summed E-state index contributed by atoms with van der Waals surface area (Å²) >= 11 is 0. The maximum absolute atomic E-state index is 13.5. The van der Waals surface area contributed by atoms with Gasteiger partial charge >= 0.3 is 0 Å². The predicted molar refractivity (Wildman–Crippen MR) is 84.6 cm³/mol. The van der Waals surface area contributed by atoms with Gasteiger partial charge in [-0.15, -0.1) is 0 Å². The van der Waals surface area contributed by atoms with Gasteiger partial charge in [0.2, 0.25) is 11.8 Å². The van der Waals surface area contributed by atoms with E-state index in [2.05, 4.69) is 5.32 Å². The molecule has 0 bridgehead atoms. The van der Waals surface area contributed by atoms with Gasteiger partial charge in [-0.2, -0.15) is 0 Å². The molecule has 5 nitrogen and oxygen atoms in total. The highest BCUT2D eigenvalue weighted by molar-refractivity contribution is 5.94. The monoisotopic (exact) mass is 370 g/mol. The van der Waals surface area contributed by atoms with E-state index in [1.165, 1.54) is 19.2 Å². The molecular weight excluding hydrogens is 356 g/mol. The average Bonchev–Trinajstić information content (AvgIpc) is 2.61. The van der Waals surface area contributed by atoms with E-state index in [-0.39, 0.29) is 12.2 Å². The third-order valence-corrected chi connectivity index (χ3v) is 3.34. The van der Waals surface area contributed by atoms with Crippen molar-refractivity contribution in [3.8, 4) is 5.75 Å². The van der Waals surface area contributed by atoms with Crippen LogP contribution in [0.25, 0.3) is 0 Å². The molecule has 0 aromatic heterocycles. The zero-order valence-corrected chi connectivity index (χ0v) is 13.5. The lowest BCUT2D eigenvalue weighted by Gasteiger charge is -2.09. The number of hydrogen-bond donors (Lipinski definition) is 2. The van der Waals surface area contributed by atoms with Gasteiger partial charge in [0.1, 0.15) is 0 Å². The van der Waals surface area contributed by atoms with Crippen LogP contribution in [-0.2, 0) is 16.0 Å². The van der Waals surface area contributed by atoms with Crippen molar-refractivity contribution in [1.82, 2.24) is 5.32 Å². The molecule has 26 heavy (non-hydrogen) atoms. The number of nitrogens with one attached hydrogen (secondary N) is 2. The van der Waals surface area contributed by atoms with Crippen LogP contribution < -0.4 is 15.4 Å². The van der Waals surface area contributed by atoms with Crippen molar-refractivity contribution in [2.45, 2.75) is 6.42 Å². The molecule has 0 atom stereocenters. The molecule has 2 aromatic rings. The van der Waals surface area contributed by atoms with Crippen LogP contribution in [0.1, 0.15) is 5.56 Å². The van der Waals surface area contributed by atoms with Crippen LogP contribution in [-0.4, -0.2) is 25.5 Å². The van der Waals surface area contributed by atoms with E-state index in [1.807, 2.05) is 5.32 Å². The van der Waals surface area contributed by atoms with Crippen LogP contribution in [0, 0.1) is 23.3 Å². The minimum atomic E-state index is -1.71. The fourth-order valence-corrected chi connectivity index (χ4v) is 2.06. The van der Waals surface area contributed by atoms with Crippen molar-refractivity contribution < 1.29 is 31.9 Å². The normalized spacial score (nSPS) is 10.3. The molecule has 0 fully saturated rings. The molecule has 0 radical (unpaired) electrons. The summed E-state index contributed by atoms with van der Waals surface area (Å²) < 4.78 is 57.6. The Kier molecular flexibility index (Phi) is 6.16. The fourth-order valence-electron chi connectivity index (χ4n) is 2.06. The van der Waals surface area contributed by atoms with Gasteiger partial charge in [-0.3, -0.25) is 9.59 Å². The summed E-state index contributed by atoms with van der Waals surface area (Å²) in [6.07, 6.45) is -0.201. The minimum absolute atomic E-state index is 0.0297. The molecule has 0 saturated carbocycles. The Morgan fingerprint density at radius 3 is 2.35 bits per heavy atom. The fraction of sp³-hybridized carbons (Fsp3) is 0.176. The Hall–Kier alpha value is -3.10. The average molecular weight is 370 g/mol. The number of carbonyl (C=O) groups excluding carboxylic acids is 2. The molecule has 0 aliphatic carbocycles. The summed E-state index contributed by atoms with van der Waals surface area (Å²) in [5.74, 6) is -6.68. The number of rotatable bonds is 6. The van der Waals surface area contributed by atoms with Crippen molar-refractivity contribution in [2.24, 2.45) is 0 Å². The lowest BCUT2D eigenvalue weighted by atomic mass is 10.1. The molecule has 2 rings (SSSR count). The smallest absolute Gasteiger partial charge is 0.243 e. The zero-order chi connectivity index (χ0) is 19.3. The highest BCUT2D eigenvalue weighted by Crippen LogP contribution is 2.19. The summed E-state index contributed by atoms with van der Waals surface area (Å²) in [5.41, 5.74) is -0.201. The molecule has 0 spiro atoms. The molecule has 0 aliphatic rings. The zero-order valence-electron chi connectivity index (χ0n) is 13.5. The molecule has 0 saturated heterocycles. The van der Waals surface area contributed by atoms with E-state index in [9.17, 15) is 27.2 Å². The standard InChI is InChI=1S/C17H14F4N2O3/c1-26-13-5-2-9(6-11(13)19)7-14(24)22-8-15(25)23-12-4-3-10(18)16(20)17(12)21/h2-6H,7-8H2,1H3,(H,22,24)(H,23,25). The van der Waals surface area contributed by atoms with Gasteiger partial charge < -0.3 is 15.4 Å². The largest absolute Gasteiger partial charge is 0.494 e. The van der Waals surface area contributed by atoms with Crippen molar-refractivity contribution in [3.63, 3.8) is 0 Å². The first-order valence-corrected chi connectivity index (χ1v) is 7.34. The Bertz CT molecular complexity index is 843. The van der Waals surface area contributed by atoms with Gasteiger partial charge in [0, 0.05) is 0 Å². The second-order valence-corrected chi connectivity index (χ2v) is 5.19. The summed E-state index contributed by atoms with van der Waals surface area (Å²) in [4.78, 5) is 23.4. The molecule has 0 aliphatic heterocycles. The van der Waals surface area contributed by atoms with E-state index in [1.54, 1.807) is 0 Å². The Balaban J connectivity index is 1.88. The lowest BCUT2D eigenvalue weighted by Crippen LogP contribution is -2.34. The minimum Gasteiger partial charge on any atom is -0.494 e. The number of halogens is 4. The highest BCUT2D eigenvalue weighted by Gasteiger charge is 2.15. The van der Waals surface area contributed by atoms with E-state index < -0.39 is 47.3 Å². The van der Waals surface area contributed by atoms with Crippen molar-refractivity contribution in [2.75, 3.05) is 19.0 Å². The molecular formula is C17H14F4N2O3. The first-order chi connectivity index (χ1) is 12.3. The van der Waals surface area contributed by atoms with Crippen LogP contribution in [0.5, 0.6) is 5.75 Å². The van der Waals surface area contributed by atoms with Gasteiger partial charge in [-0.25, -0.2) is 17.6 Å². The van der Waals surface area contributed by atoms with Gasteiger partial charge in [0.25, 0.3) is 0 Å². The second kappa shape index (κ2) is 8.32. The van der Waals surface area contributed by atoms with E-state index >= 15 is 0 Å². The molecule has 138 valence electrons. The van der Waals surface area contributed by atoms with Crippen LogP contribution in [0.3, 0.4) is 0 Å². The number of anilines is 1. The van der Waals surface area contributed by atoms with Crippen molar-refractivity contribution in [1.29, 1.82) is 0 Å². The van der Waals surface area contributed by atoms with Crippen molar-refractivity contribution in [3.05, 3.63) is 59.2 Å². The Morgan fingerprint density at radius 2 is 1.69 bits per heavy atom. The molecule has 9 heteroatoms. The predicted octanol–water partition coefficient (Wildman–Crippen LogP) is 2.55. The molecule has 0 heterocycles. The number of ether oxygens (including phenoxy) is 1. The number of carbonyl (C=O) groups is 2. The number of methoxy groups -OCH3 is 1. The highest BCUT2D eigenvalue weighted by atomic mass is 19.2. The van der Waals surface area contributed by atoms with E-state index in [0.29, 0.717) is 11.6 Å². The Labute approximate surface area is 146 Å². The summed E-state index contributed by atoms with van der Waals surface area (Å²) in [6, 6.07) is 5.47. The third kappa shape index (κ3) is 4.71. The number of hydrogen-bond acceptors (Lipinski definition) is 3. The van der Waals surface area contributed by atoms with E-state index in [4.69, 9.17) is 4.74 Å². The SMILES string of the molecule is COc1ccc(CC(=O)NCC(=O)Nc2ccc(F)c(F)c2F)cc1F. The maximum atomic E-state index is 13.5. The van der Waals surface area contributed by atoms with Crippen LogP contribution in [0.2, 0.25) is 0 Å². The van der Waals surface area contributed by atoms with Crippen LogP contribution in [0.15, 0.2) is 30.3 Å². The van der Waals surface area contributed by atoms with Gasteiger partial charge in [-0.1, -0.05) is 6.07 Å². The number of benzene rings is 2. The van der Waals surface area contributed by atoms with Crippen molar-refractivity contribution >= 4 is 17.5 Å². The summed E-state index contributed by atoms with van der Waals surface area (Å²) in [6.45, 7) is -0.532. The molecule has 2 amide bonds. The molecule has 2 aromatic carbocycles.